The first kappa shape index (κ1) is 15.0. The van der Waals surface area contributed by atoms with E-state index in [-0.39, 0.29) is 5.41 Å². The molecule has 1 aromatic rings. The summed E-state index contributed by atoms with van der Waals surface area (Å²) < 4.78 is 0. The Morgan fingerprint density at radius 3 is 2.61 bits per heavy atom. The van der Waals surface area contributed by atoms with Gasteiger partial charge in [-0.25, -0.2) is 4.98 Å². The molecule has 1 heterocycles. The first-order valence-corrected chi connectivity index (χ1v) is 7.41. The maximum Gasteiger partial charge on any atom is 0.0965 e. The van der Waals surface area contributed by atoms with E-state index in [2.05, 4.69) is 30.1 Å². The third-order valence-electron chi connectivity index (χ3n) is 2.82. The van der Waals surface area contributed by atoms with E-state index in [1.165, 1.54) is 5.56 Å². The zero-order valence-corrected chi connectivity index (χ0v) is 12.6. The van der Waals surface area contributed by atoms with E-state index in [1.54, 1.807) is 0 Å². The molecule has 0 aliphatic rings. The molecule has 0 saturated carbocycles. The molecule has 0 bridgehead atoms. The van der Waals surface area contributed by atoms with Crippen molar-refractivity contribution in [2.24, 2.45) is 5.41 Å². The topological polar surface area (TPSA) is 36.7 Å². The largest absolute Gasteiger partial charge is 0.247 e. The van der Waals surface area contributed by atoms with Crippen LogP contribution in [0.5, 0.6) is 0 Å². The van der Waals surface area contributed by atoms with Crippen LogP contribution >= 0.6 is 11.8 Å². The maximum atomic E-state index is 8.92. The molecule has 0 aliphatic heterocycles. The Bertz CT molecular complexity index is 412. The van der Waals surface area contributed by atoms with Crippen LogP contribution in [0.3, 0.4) is 0 Å². The van der Waals surface area contributed by atoms with Crippen LogP contribution < -0.4 is 0 Å². The smallest absolute Gasteiger partial charge is 0.0965 e. The number of aryl methyl sites for hydroxylation is 2. The van der Waals surface area contributed by atoms with E-state index >= 15 is 0 Å². The highest BCUT2D eigenvalue weighted by atomic mass is 32.2. The van der Waals surface area contributed by atoms with Crippen molar-refractivity contribution in [3.8, 4) is 6.07 Å². The fourth-order valence-corrected chi connectivity index (χ4v) is 2.82. The average Bonchev–Trinajstić information content (AvgIpc) is 2.27. The van der Waals surface area contributed by atoms with Crippen molar-refractivity contribution in [3.05, 3.63) is 23.4 Å². The molecule has 0 N–H and O–H groups in total. The number of thioether (sulfide) groups is 1. The predicted octanol–water partition coefficient (Wildman–Crippen LogP) is 4.51. The summed E-state index contributed by atoms with van der Waals surface area (Å²) in [5.74, 6) is 1.08. The van der Waals surface area contributed by atoms with Crippen molar-refractivity contribution in [3.63, 3.8) is 0 Å². The summed E-state index contributed by atoms with van der Waals surface area (Å²) >= 11 is 1.81. The second-order valence-electron chi connectivity index (χ2n) is 5.43. The molecule has 0 unspecified atom stereocenters. The lowest BCUT2D eigenvalue weighted by Crippen LogP contribution is -2.07. The van der Waals surface area contributed by atoms with Crippen LogP contribution in [-0.4, -0.2) is 10.7 Å². The van der Waals surface area contributed by atoms with Crippen LogP contribution in [0.25, 0.3) is 0 Å². The van der Waals surface area contributed by atoms with Gasteiger partial charge in [0.05, 0.1) is 16.5 Å². The Morgan fingerprint density at radius 1 is 1.28 bits per heavy atom. The number of nitriles is 1. The first-order chi connectivity index (χ1) is 8.43. The molecule has 0 fully saturated rings. The van der Waals surface area contributed by atoms with E-state index in [9.17, 15) is 0 Å². The van der Waals surface area contributed by atoms with Crippen LogP contribution in [0.1, 0.15) is 44.4 Å². The van der Waals surface area contributed by atoms with E-state index in [0.29, 0.717) is 0 Å². The van der Waals surface area contributed by atoms with Gasteiger partial charge in [-0.2, -0.15) is 5.26 Å². The maximum absolute atomic E-state index is 8.92. The molecule has 0 saturated heterocycles. The summed E-state index contributed by atoms with van der Waals surface area (Å²) in [6, 6.07) is 6.58. The van der Waals surface area contributed by atoms with E-state index in [1.807, 2.05) is 32.5 Å². The average molecular weight is 262 g/mol. The molecule has 0 spiro atoms. The zero-order chi connectivity index (χ0) is 13.6. The summed E-state index contributed by atoms with van der Waals surface area (Å²) in [6.45, 7) is 8.15. The highest BCUT2D eigenvalue weighted by Crippen LogP contribution is 2.24. The van der Waals surface area contributed by atoms with Gasteiger partial charge in [-0.3, -0.25) is 0 Å². The molecule has 0 radical (unpaired) electrons. The standard InChI is InChI=1S/C15H22N2S/c1-12-9-13(2)17-14(10-12)18-8-6-5-7-15(3,4)11-16/h9-10H,5-8H2,1-4H3. The van der Waals surface area contributed by atoms with Crippen molar-refractivity contribution in [1.82, 2.24) is 4.98 Å². The van der Waals surface area contributed by atoms with E-state index < -0.39 is 0 Å². The van der Waals surface area contributed by atoms with Gasteiger partial charge in [-0.05, 0) is 64.0 Å². The van der Waals surface area contributed by atoms with Crippen molar-refractivity contribution < 1.29 is 0 Å². The van der Waals surface area contributed by atoms with Gasteiger partial charge in [0.25, 0.3) is 0 Å². The number of hydrogen-bond donors (Lipinski definition) is 0. The van der Waals surface area contributed by atoms with Crippen molar-refractivity contribution in [1.29, 1.82) is 5.26 Å². The molecular weight excluding hydrogens is 240 g/mol. The summed E-state index contributed by atoms with van der Waals surface area (Å²) in [7, 11) is 0. The monoisotopic (exact) mass is 262 g/mol. The van der Waals surface area contributed by atoms with E-state index in [0.717, 1.165) is 35.7 Å². The minimum Gasteiger partial charge on any atom is -0.247 e. The number of hydrogen-bond acceptors (Lipinski definition) is 3. The normalized spacial score (nSPS) is 11.3. The first-order valence-electron chi connectivity index (χ1n) is 6.42. The summed E-state index contributed by atoms with van der Waals surface area (Å²) in [5, 5.41) is 10.0. The Hall–Kier alpha value is -1.01. The number of rotatable bonds is 6. The van der Waals surface area contributed by atoms with Crippen LogP contribution in [-0.2, 0) is 0 Å². The van der Waals surface area contributed by atoms with Gasteiger partial charge in [0.15, 0.2) is 0 Å². The molecule has 1 aromatic heterocycles. The number of pyridine rings is 1. The number of unbranched alkanes of at least 4 members (excludes halogenated alkanes) is 1. The summed E-state index contributed by atoms with van der Waals surface area (Å²) in [5.41, 5.74) is 2.18. The molecule has 2 nitrogen and oxygen atoms in total. The highest BCUT2D eigenvalue weighted by molar-refractivity contribution is 7.99. The van der Waals surface area contributed by atoms with Gasteiger partial charge in [0.1, 0.15) is 0 Å². The number of nitrogens with zero attached hydrogens (tertiary/aromatic N) is 2. The summed E-state index contributed by atoms with van der Waals surface area (Å²) in [4.78, 5) is 4.51. The van der Waals surface area contributed by atoms with Crippen LogP contribution in [0.2, 0.25) is 0 Å². The van der Waals surface area contributed by atoms with Crippen LogP contribution in [0.15, 0.2) is 17.2 Å². The van der Waals surface area contributed by atoms with Crippen LogP contribution in [0, 0.1) is 30.6 Å². The van der Waals surface area contributed by atoms with Gasteiger partial charge in [-0.1, -0.05) is 6.42 Å². The highest BCUT2D eigenvalue weighted by Gasteiger charge is 2.15. The molecule has 1 rings (SSSR count). The molecule has 0 aromatic carbocycles. The van der Waals surface area contributed by atoms with Crippen molar-refractivity contribution >= 4 is 11.8 Å². The second kappa shape index (κ2) is 6.80. The Labute approximate surface area is 115 Å². The Kier molecular flexibility index (Phi) is 5.68. The predicted molar refractivity (Wildman–Crippen MR) is 77.7 cm³/mol. The van der Waals surface area contributed by atoms with Crippen LogP contribution in [0.4, 0.5) is 0 Å². The minimum atomic E-state index is -0.178. The van der Waals surface area contributed by atoms with Gasteiger partial charge in [0, 0.05) is 5.69 Å². The fourth-order valence-electron chi connectivity index (χ4n) is 1.78. The zero-order valence-electron chi connectivity index (χ0n) is 11.8. The lowest BCUT2D eigenvalue weighted by atomic mass is 9.89. The quantitative estimate of drug-likeness (QED) is 0.559. The third-order valence-corrected chi connectivity index (χ3v) is 3.82. The molecule has 0 amide bonds. The SMILES string of the molecule is Cc1cc(C)nc(SCCCCC(C)(C)C#N)c1. The van der Waals surface area contributed by atoms with Gasteiger partial charge >= 0.3 is 0 Å². The van der Waals surface area contributed by atoms with Crippen molar-refractivity contribution in [2.75, 3.05) is 5.75 Å². The van der Waals surface area contributed by atoms with Gasteiger partial charge in [-0.15, -0.1) is 11.8 Å². The molecule has 0 atom stereocenters. The minimum absolute atomic E-state index is 0.178. The molecular formula is C15H22N2S. The fraction of sp³-hybridized carbons (Fsp3) is 0.600. The number of aromatic nitrogens is 1. The summed E-state index contributed by atoms with van der Waals surface area (Å²) in [6.07, 6.45) is 3.23. The second-order valence-corrected chi connectivity index (χ2v) is 6.54. The van der Waals surface area contributed by atoms with Gasteiger partial charge < -0.3 is 0 Å². The Morgan fingerprint density at radius 2 is 2.00 bits per heavy atom. The van der Waals surface area contributed by atoms with Crippen molar-refractivity contribution in [2.45, 2.75) is 52.0 Å². The molecule has 98 valence electrons. The Balaban J connectivity index is 2.28. The van der Waals surface area contributed by atoms with Gasteiger partial charge in [0.2, 0.25) is 0 Å². The molecule has 3 heteroatoms. The molecule has 18 heavy (non-hydrogen) atoms. The van der Waals surface area contributed by atoms with E-state index in [4.69, 9.17) is 5.26 Å². The third kappa shape index (κ3) is 5.55. The molecule has 0 aliphatic carbocycles. The lowest BCUT2D eigenvalue weighted by Gasteiger charge is -2.13. The lowest BCUT2D eigenvalue weighted by molar-refractivity contribution is 0.433.